The molecule has 0 saturated heterocycles. The number of benzene rings is 3. The minimum Gasteiger partial charge on any atom is -0.507 e. The highest BCUT2D eigenvalue weighted by Gasteiger charge is 2.37. The molecular formula is C58H93O4P. The number of rotatable bonds is 13. The van der Waals surface area contributed by atoms with Gasteiger partial charge < -0.3 is 13.5 Å². The van der Waals surface area contributed by atoms with Crippen molar-refractivity contribution in [3.8, 4) is 5.75 Å². The maximum Gasteiger partial charge on any atom is 0.387 e. The molecule has 1 aromatic heterocycles. The molecule has 0 aliphatic rings. The SMILES string of the molecule is Cc1cc(CCCOp2oc3c(C(C)(C)CC(C)(C)C)cc(C(C)(C)CC(C)(C)C)cc3c3cc(C(C)(C)CC(C)(C)C)cc(C(C)(C)CC(C)(C)C)c3o2)cc(C(C)(C)C)c1O. The lowest BCUT2D eigenvalue weighted by molar-refractivity contribution is 0.278. The van der Waals surface area contributed by atoms with Crippen LogP contribution < -0.4 is 4.52 Å². The van der Waals surface area contributed by atoms with E-state index in [1.807, 2.05) is 6.92 Å². The van der Waals surface area contributed by atoms with Gasteiger partial charge in [0.2, 0.25) is 0 Å². The molecular weight excluding hydrogens is 792 g/mol. The van der Waals surface area contributed by atoms with Crippen molar-refractivity contribution < 1.29 is 18.0 Å². The summed E-state index contributed by atoms with van der Waals surface area (Å²) < 4.78 is 21.6. The van der Waals surface area contributed by atoms with Gasteiger partial charge in [0.05, 0.1) is 6.61 Å². The molecule has 0 atom stereocenters. The van der Waals surface area contributed by atoms with E-state index in [9.17, 15) is 5.11 Å². The van der Waals surface area contributed by atoms with E-state index < -0.39 is 8.24 Å². The lowest BCUT2D eigenvalue weighted by atomic mass is 9.67. The molecule has 0 aliphatic heterocycles. The molecule has 1 heterocycles. The van der Waals surface area contributed by atoms with E-state index in [4.69, 9.17) is 12.9 Å². The van der Waals surface area contributed by atoms with Gasteiger partial charge in [0.15, 0.2) is 0 Å². The lowest BCUT2D eigenvalue weighted by Gasteiger charge is -2.37. The van der Waals surface area contributed by atoms with E-state index in [1.54, 1.807) is 0 Å². The number of hydrogen-bond donors (Lipinski definition) is 1. The van der Waals surface area contributed by atoms with Crippen LogP contribution in [0.1, 0.15) is 230 Å². The highest BCUT2D eigenvalue weighted by Crippen LogP contribution is 2.50. The topological polar surface area (TPSA) is 55.7 Å². The molecule has 3 aromatic carbocycles. The highest BCUT2D eigenvalue weighted by atomic mass is 31.1. The molecule has 5 heteroatoms. The van der Waals surface area contributed by atoms with Crippen molar-refractivity contribution in [1.82, 2.24) is 0 Å². The first-order chi connectivity index (χ1) is 28.1. The standard InChI is InChI=1S/C58H93O4P/c1-38-28-39(29-44(47(38)59)54(14,15)16)26-25-27-60-63-61-48-42(30-40(55(17,18)34-50(2,3)4)32-45(48)57(21,22)36-52(8,9)10)43-31-41(56(19,20)35-51(5,6)7)33-46(49(43)62-63)58(23,24)37-53(11,12)13/h28-33,59H,25-27,34-37H2,1-24H3. The largest absolute Gasteiger partial charge is 0.507 e. The van der Waals surface area contributed by atoms with E-state index in [2.05, 4.69) is 196 Å². The van der Waals surface area contributed by atoms with Crippen LogP contribution in [0, 0.1) is 28.6 Å². The van der Waals surface area contributed by atoms with Crippen LogP contribution in [0.25, 0.3) is 21.9 Å². The number of phenolic OH excluding ortho intramolecular Hbond substituents is 1. The summed E-state index contributed by atoms with van der Waals surface area (Å²) in [6, 6.07) is 14.2. The minimum atomic E-state index is -1.84. The Balaban J connectivity index is 2.18. The van der Waals surface area contributed by atoms with E-state index in [0.717, 1.165) is 71.6 Å². The van der Waals surface area contributed by atoms with Gasteiger partial charge >= 0.3 is 8.24 Å². The minimum absolute atomic E-state index is 0.0847. The monoisotopic (exact) mass is 885 g/mol. The molecule has 63 heavy (non-hydrogen) atoms. The third-order valence-electron chi connectivity index (χ3n) is 12.7. The summed E-state index contributed by atoms with van der Waals surface area (Å²) in [5.41, 5.74) is 9.66. The van der Waals surface area contributed by atoms with Gasteiger partial charge in [0.25, 0.3) is 0 Å². The molecule has 4 aromatic rings. The first-order valence-corrected chi connectivity index (χ1v) is 25.2. The molecule has 0 radical (unpaired) electrons. The number of phenols is 1. The van der Waals surface area contributed by atoms with Gasteiger partial charge in [-0.25, -0.2) is 0 Å². The van der Waals surface area contributed by atoms with Crippen LogP contribution in [0.5, 0.6) is 5.75 Å². The van der Waals surface area contributed by atoms with Crippen molar-refractivity contribution in [3.05, 3.63) is 75.3 Å². The van der Waals surface area contributed by atoms with Crippen LogP contribution in [0.4, 0.5) is 0 Å². The Morgan fingerprint density at radius 2 is 0.841 bits per heavy atom. The lowest BCUT2D eigenvalue weighted by Crippen LogP contribution is -2.28. The van der Waals surface area contributed by atoms with Crippen molar-refractivity contribution in [1.29, 1.82) is 0 Å². The Kier molecular flexibility index (Phi) is 15.0. The zero-order chi connectivity index (χ0) is 48.3. The average molecular weight is 885 g/mol. The van der Waals surface area contributed by atoms with Crippen LogP contribution in [0.2, 0.25) is 0 Å². The number of fused-ring (bicyclic) bond motifs is 3. The summed E-state index contributed by atoms with van der Waals surface area (Å²) in [5.74, 6) is 0.397. The number of hydrogen-bond acceptors (Lipinski definition) is 4. The van der Waals surface area contributed by atoms with Gasteiger partial charge in [-0.3, -0.25) is 4.52 Å². The normalized spacial score (nSPS) is 14.3. The predicted octanol–water partition coefficient (Wildman–Crippen LogP) is 18.5. The zero-order valence-corrected chi connectivity index (χ0v) is 45.9. The molecule has 0 aliphatic carbocycles. The molecule has 4 nitrogen and oxygen atoms in total. The van der Waals surface area contributed by atoms with Crippen LogP contribution in [0.15, 0.2) is 44.8 Å². The van der Waals surface area contributed by atoms with Crippen LogP contribution in [0.3, 0.4) is 0 Å². The zero-order valence-electron chi connectivity index (χ0n) is 45.0. The van der Waals surface area contributed by atoms with Gasteiger partial charge in [0.1, 0.15) is 16.9 Å². The fourth-order valence-electron chi connectivity index (χ4n) is 11.5. The number of aryl methyl sites for hydroxylation is 2. The second kappa shape index (κ2) is 17.8. The first-order valence-electron chi connectivity index (χ1n) is 24.1. The fourth-order valence-corrected chi connectivity index (χ4v) is 12.7. The quantitative estimate of drug-likeness (QED) is 0.136. The Bertz CT molecular complexity index is 2160. The van der Waals surface area contributed by atoms with Gasteiger partial charge in [-0.2, -0.15) is 0 Å². The average Bonchev–Trinajstić information content (AvgIpc) is 3.18. The number of aromatic hydroxyl groups is 1. The van der Waals surface area contributed by atoms with Crippen molar-refractivity contribution in [3.63, 3.8) is 0 Å². The second-order valence-electron chi connectivity index (χ2n) is 28.2. The van der Waals surface area contributed by atoms with Crippen LogP contribution in [-0.4, -0.2) is 11.7 Å². The van der Waals surface area contributed by atoms with Crippen molar-refractivity contribution >= 4 is 30.2 Å². The first kappa shape index (κ1) is 52.9. The molecule has 1 N–H and O–H groups in total. The maximum atomic E-state index is 10.9. The predicted molar refractivity (Wildman–Crippen MR) is 276 cm³/mol. The van der Waals surface area contributed by atoms with Gasteiger partial charge in [-0.05, 0) is 134 Å². The summed E-state index contributed by atoms with van der Waals surface area (Å²) in [7, 11) is -1.84. The highest BCUT2D eigenvalue weighted by molar-refractivity contribution is 7.31. The molecule has 0 fully saturated rings. The van der Waals surface area contributed by atoms with E-state index in [-0.39, 0.29) is 48.7 Å². The van der Waals surface area contributed by atoms with Crippen molar-refractivity contribution in [2.45, 2.75) is 232 Å². The van der Waals surface area contributed by atoms with Crippen LogP contribution >= 0.6 is 8.24 Å². The van der Waals surface area contributed by atoms with Crippen molar-refractivity contribution in [2.75, 3.05) is 6.61 Å². The van der Waals surface area contributed by atoms with E-state index in [1.165, 1.54) is 27.8 Å². The van der Waals surface area contributed by atoms with Crippen molar-refractivity contribution in [2.24, 2.45) is 21.7 Å². The van der Waals surface area contributed by atoms with Gasteiger partial charge in [-0.1, -0.05) is 184 Å². The Hall–Kier alpha value is -2.68. The molecule has 0 unspecified atom stereocenters. The summed E-state index contributed by atoms with van der Waals surface area (Å²) in [5, 5.41) is 13.2. The molecule has 0 bridgehead atoms. The molecule has 4 rings (SSSR count). The van der Waals surface area contributed by atoms with E-state index in [0.29, 0.717) is 12.4 Å². The summed E-state index contributed by atoms with van der Waals surface area (Å²) in [6.07, 6.45) is 5.67. The maximum absolute atomic E-state index is 10.9. The summed E-state index contributed by atoms with van der Waals surface area (Å²) >= 11 is 0. The van der Waals surface area contributed by atoms with Crippen LogP contribution in [-0.2, 0) is 33.5 Å². The third-order valence-corrected chi connectivity index (χ3v) is 13.7. The molecule has 0 amide bonds. The Morgan fingerprint density at radius 1 is 0.476 bits per heavy atom. The molecule has 354 valence electrons. The van der Waals surface area contributed by atoms with Gasteiger partial charge in [0, 0.05) is 21.9 Å². The van der Waals surface area contributed by atoms with E-state index >= 15 is 0 Å². The smallest absolute Gasteiger partial charge is 0.387 e. The Morgan fingerprint density at radius 3 is 1.19 bits per heavy atom. The summed E-state index contributed by atoms with van der Waals surface area (Å²) in [4.78, 5) is 0. The molecule has 0 saturated carbocycles. The molecule has 0 spiro atoms. The summed E-state index contributed by atoms with van der Waals surface area (Å²) in [6.45, 7) is 56.5. The van der Waals surface area contributed by atoms with Gasteiger partial charge in [-0.15, -0.1) is 0 Å². The third kappa shape index (κ3) is 13.9. The fraction of sp³-hybridized carbons (Fsp3) is 0.690. The Labute approximate surface area is 387 Å². The second-order valence-corrected chi connectivity index (χ2v) is 29.3.